The molecule has 17 heavy (non-hydrogen) atoms. The summed E-state index contributed by atoms with van der Waals surface area (Å²) in [6.07, 6.45) is 7.80. The van der Waals surface area contributed by atoms with Gasteiger partial charge in [-0.05, 0) is 30.6 Å². The van der Waals surface area contributed by atoms with E-state index in [2.05, 4.69) is 29.6 Å². The van der Waals surface area contributed by atoms with E-state index in [9.17, 15) is 0 Å². The number of hydrogen-bond donors (Lipinski definition) is 3. The fourth-order valence-corrected chi connectivity index (χ4v) is 2.66. The van der Waals surface area contributed by atoms with Crippen molar-refractivity contribution in [1.82, 2.24) is 10.7 Å². The molecule has 0 spiro atoms. The lowest BCUT2D eigenvalue weighted by molar-refractivity contribution is 0.410. The first-order valence-electron chi connectivity index (χ1n) is 6.89. The van der Waals surface area contributed by atoms with Crippen LogP contribution >= 0.6 is 0 Å². The fourth-order valence-electron chi connectivity index (χ4n) is 2.66. The molecule has 4 nitrogen and oxygen atoms in total. The van der Waals surface area contributed by atoms with Crippen molar-refractivity contribution in [2.75, 3.05) is 6.54 Å². The van der Waals surface area contributed by atoms with Crippen LogP contribution in [0.3, 0.4) is 0 Å². The maximum Gasteiger partial charge on any atom is 0.205 e. The first kappa shape index (κ1) is 12.7. The number of rotatable bonds is 3. The van der Waals surface area contributed by atoms with Gasteiger partial charge in [0.25, 0.3) is 0 Å². The fraction of sp³-hybridized carbons (Fsp3) is 0.923. The Morgan fingerprint density at radius 2 is 1.94 bits per heavy atom. The number of hydrogen-bond acceptors (Lipinski definition) is 2. The molecular weight excluding hydrogens is 212 g/mol. The summed E-state index contributed by atoms with van der Waals surface area (Å²) in [4.78, 5) is 4.56. The summed E-state index contributed by atoms with van der Waals surface area (Å²) in [7, 11) is 0. The largest absolute Gasteiger partial charge is 0.353 e. The van der Waals surface area contributed by atoms with E-state index in [1.54, 1.807) is 0 Å². The summed E-state index contributed by atoms with van der Waals surface area (Å²) in [6.45, 7) is 5.50. The van der Waals surface area contributed by atoms with Gasteiger partial charge in [-0.1, -0.05) is 33.1 Å². The summed E-state index contributed by atoms with van der Waals surface area (Å²) < 4.78 is 0. The van der Waals surface area contributed by atoms with Gasteiger partial charge in [-0.15, -0.1) is 0 Å². The Morgan fingerprint density at radius 3 is 2.47 bits per heavy atom. The van der Waals surface area contributed by atoms with Gasteiger partial charge in [0.05, 0.1) is 0 Å². The molecule has 0 amide bonds. The van der Waals surface area contributed by atoms with E-state index in [-0.39, 0.29) is 0 Å². The molecule has 0 aromatic heterocycles. The number of guanidine groups is 1. The summed E-state index contributed by atoms with van der Waals surface area (Å²) in [5.41, 5.74) is 3.19. The van der Waals surface area contributed by atoms with Crippen LogP contribution in [-0.4, -0.2) is 18.5 Å². The van der Waals surface area contributed by atoms with Crippen molar-refractivity contribution >= 4 is 5.96 Å². The second-order valence-electron chi connectivity index (χ2n) is 6.20. The molecule has 0 radical (unpaired) electrons. The van der Waals surface area contributed by atoms with Gasteiger partial charge in [-0.2, -0.15) is 0 Å². The highest BCUT2D eigenvalue weighted by molar-refractivity contribution is 5.79. The molecule has 1 atom stereocenters. The van der Waals surface area contributed by atoms with Crippen molar-refractivity contribution < 1.29 is 0 Å². The molecule has 0 bridgehead atoms. The van der Waals surface area contributed by atoms with Crippen molar-refractivity contribution in [2.45, 2.75) is 58.4 Å². The van der Waals surface area contributed by atoms with Gasteiger partial charge in [-0.3, -0.25) is 10.4 Å². The van der Waals surface area contributed by atoms with E-state index >= 15 is 0 Å². The van der Waals surface area contributed by atoms with E-state index < -0.39 is 0 Å². The molecular formula is C13H26N4. The molecule has 0 aliphatic heterocycles. The topological polar surface area (TPSA) is 62.4 Å². The zero-order valence-corrected chi connectivity index (χ0v) is 11.1. The van der Waals surface area contributed by atoms with E-state index in [4.69, 9.17) is 5.84 Å². The van der Waals surface area contributed by atoms with Gasteiger partial charge in [0, 0.05) is 12.6 Å². The predicted molar refractivity (Wildman–Crippen MR) is 71.5 cm³/mol. The monoisotopic (exact) mass is 238 g/mol. The average molecular weight is 238 g/mol. The summed E-state index contributed by atoms with van der Waals surface area (Å²) in [6, 6.07) is 0.561. The Kier molecular flexibility index (Phi) is 3.92. The van der Waals surface area contributed by atoms with Crippen LogP contribution in [0.15, 0.2) is 4.99 Å². The molecule has 2 saturated carbocycles. The van der Waals surface area contributed by atoms with Gasteiger partial charge in [-0.25, -0.2) is 5.84 Å². The lowest BCUT2D eigenvalue weighted by Gasteiger charge is -2.24. The molecule has 2 rings (SSSR count). The van der Waals surface area contributed by atoms with Gasteiger partial charge in [0.2, 0.25) is 5.96 Å². The van der Waals surface area contributed by atoms with Gasteiger partial charge in [0.1, 0.15) is 0 Å². The number of hydrazine groups is 1. The van der Waals surface area contributed by atoms with Crippen molar-refractivity contribution in [3.8, 4) is 0 Å². The summed E-state index contributed by atoms with van der Waals surface area (Å²) in [5.74, 6) is 7.03. The molecule has 0 heterocycles. The second-order valence-corrected chi connectivity index (χ2v) is 6.20. The molecule has 0 aromatic carbocycles. The third-order valence-electron chi connectivity index (χ3n) is 4.27. The zero-order chi connectivity index (χ0) is 12.3. The molecule has 98 valence electrons. The van der Waals surface area contributed by atoms with Crippen LogP contribution in [0.2, 0.25) is 0 Å². The quantitative estimate of drug-likeness (QED) is 0.304. The highest BCUT2D eigenvalue weighted by Gasteiger charge is 2.45. The minimum absolute atomic E-state index is 0.494. The van der Waals surface area contributed by atoms with E-state index in [1.165, 1.54) is 38.5 Å². The van der Waals surface area contributed by atoms with Crippen LogP contribution in [0.5, 0.6) is 0 Å². The number of nitrogens with zero attached hydrogens (tertiary/aromatic N) is 1. The van der Waals surface area contributed by atoms with Crippen LogP contribution in [0.25, 0.3) is 0 Å². The van der Waals surface area contributed by atoms with Crippen molar-refractivity contribution in [2.24, 2.45) is 22.2 Å². The van der Waals surface area contributed by atoms with Crippen LogP contribution in [0, 0.1) is 11.3 Å². The normalized spacial score (nSPS) is 28.9. The van der Waals surface area contributed by atoms with Gasteiger partial charge < -0.3 is 5.32 Å². The molecule has 0 saturated heterocycles. The SMILES string of the molecule is CC1(C)CC1CN=C(NN)NC1CCCCC1. The maximum atomic E-state index is 5.52. The molecule has 1 unspecified atom stereocenters. The van der Waals surface area contributed by atoms with Crippen molar-refractivity contribution in [3.05, 3.63) is 0 Å². The van der Waals surface area contributed by atoms with Crippen molar-refractivity contribution in [3.63, 3.8) is 0 Å². The van der Waals surface area contributed by atoms with Gasteiger partial charge >= 0.3 is 0 Å². The summed E-state index contributed by atoms with van der Waals surface area (Å²) >= 11 is 0. The first-order chi connectivity index (χ1) is 8.12. The number of nitrogens with two attached hydrogens (primary N) is 1. The summed E-state index contributed by atoms with van der Waals surface area (Å²) in [5, 5.41) is 3.43. The number of nitrogens with one attached hydrogen (secondary N) is 2. The molecule has 4 N–H and O–H groups in total. The standard InChI is InChI=1S/C13H26N4/c1-13(2)8-10(13)9-15-12(17-14)16-11-6-4-3-5-7-11/h10-11H,3-9,14H2,1-2H3,(H2,15,16,17). The maximum absolute atomic E-state index is 5.52. The Morgan fingerprint density at radius 1 is 1.29 bits per heavy atom. The molecule has 4 heteroatoms. The first-order valence-corrected chi connectivity index (χ1v) is 6.89. The van der Waals surface area contributed by atoms with Crippen LogP contribution in [-0.2, 0) is 0 Å². The predicted octanol–water partition coefficient (Wildman–Crippen LogP) is 1.77. The molecule has 2 aliphatic carbocycles. The Hall–Kier alpha value is -0.770. The van der Waals surface area contributed by atoms with E-state index in [0.717, 1.165) is 18.4 Å². The lowest BCUT2D eigenvalue weighted by atomic mass is 9.96. The Balaban J connectivity index is 1.77. The Labute approximate surface area is 104 Å². The highest BCUT2D eigenvalue weighted by atomic mass is 15.3. The smallest absolute Gasteiger partial charge is 0.205 e. The van der Waals surface area contributed by atoms with Crippen LogP contribution in [0.1, 0.15) is 52.4 Å². The third-order valence-corrected chi connectivity index (χ3v) is 4.27. The highest BCUT2D eigenvalue weighted by Crippen LogP contribution is 2.51. The minimum Gasteiger partial charge on any atom is -0.353 e. The molecule has 0 aromatic rings. The van der Waals surface area contributed by atoms with Crippen molar-refractivity contribution in [1.29, 1.82) is 0 Å². The molecule has 2 fully saturated rings. The lowest BCUT2D eigenvalue weighted by Crippen LogP contribution is -2.47. The minimum atomic E-state index is 0.494. The zero-order valence-electron chi connectivity index (χ0n) is 11.1. The average Bonchev–Trinajstić information content (AvgIpc) is 2.94. The van der Waals surface area contributed by atoms with E-state index in [0.29, 0.717) is 11.5 Å². The Bertz CT molecular complexity index is 279. The number of aliphatic imine (C=N–C) groups is 1. The van der Waals surface area contributed by atoms with Gasteiger partial charge in [0.15, 0.2) is 0 Å². The van der Waals surface area contributed by atoms with E-state index in [1.807, 2.05) is 0 Å². The third kappa shape index (κ3) is 3.60. The van der Waals surface area contributed by atoms with Crippen LogP contribution < -0.4 is 16.6 Å². The molecule has 2 aliphatic rings. The van der Waals surface area contributed by atoms with Crippen LogP contribution in [0.4, 0.5) is 0 Å². The second kappa shape index (κ2) is 5.25.